The minimum absolute atomic E-state index is 0.414. The van der Waals surface area contributed by atoms with Crippen molar-refractivity contribution in [2.24, 2.45) is 5.73 Å². The molecule has 1 amide bonds. The van der Waals surface area contributed by atoms with E-state index >= 15 is 0 Å². The van der Waals surface area contributed by atoms with Crippen molar-refractivity contribution in [3.8, 4) is 0 Å². The number of nitrogens with one attached hydrogen (secondary N) is 1. The predicted molar refractivity (Wildman–Crippen MR) is 85.5 cm³/mol. The molecule has 2 rings (SSSR count). The Hall–Kier alpha value is -1.62. The van der Waals surface area contributed by atoms with Gasteiger partial charge in [-0.05, 0) is 50.8 Å². The van der Waals surface area contributed by atoms with Crippen LogP contribution in [0, 0.1) is 0 Å². The molecule has 1 aromatic rings. The molecular weight excluding hydrogens is 264 g/mol. The molecule has 1 aliphatic carbocycles. The summed E-state index contributed by atoms with van der Waals surface area (Å²) in [5.74, 6) is 0.290. The molecule has 0 unspecified atom stereocenters. The summed E-state index contributed by atoms with van der Waals surface area (Å²) in [5.41, 5.74) is 5.95. The van der Waals surface area contributed by atoms with Gasteiger partial charge in [-0.2, -0.15) is 0 Å². The fraction of sp³-hybridized carbons (Fsp3) is 0.625. The lowest BCUT2D eigenvalue weighted by Crippen LogP contribution is -2.42. The van der Waals surface area contributed by atoms with Gasteiger partial charge in [-0.1, -0.05) is 6.92 Å². The lowest BCUT2D eigenvalue weighted by Gasteiger charge is -2.36. The van der Waals surface area contributed by atoms with Gasteiger partial charge in [0.2, 0.25) is 0 Å². The Labute approximate surface area is 126 Å². The number of anilines is 1. The number of rotatable bonds is 6. The fourth-order valence-electron chi connectivity index (χ4n) is 3.06. The van der Waals surface area contributed by atoms with Crippen LogP contribution in [-0.2, 0) is 0 Å². The molecule has 0 saturated heterocycles. The largest absolute Gasteiger partial charge is 0.365 e. The van der Waals surface area contributed by atoms with E-state index in [1.54, 1.807) is 18.3 Å². The first-order chi connectivity index (χ1) is 10.1. The molecule has 0 aliphatic heterocycles. The highest BCUT2D eigenvalue weighted by atomic mass is 16.1. The monoisotopic (exact) mass is 290 g/mol. The molecule has 0 spiro atoms. The normalized spacial score (nSPS) is 22.0. The third-order valence-corrected chi connectivity index (χ3v) is 4.31. The van der Waals surface area contributed by atoms with Crippen molar-refractivity contribution in [3.05, 3.63) is 23.9 Å². The maximum absolute atomic E-state index is 11.5. The number of hydrogen-bond donors (Lipinski definition) is 2. The molecule has 1 saturated carbocycles. The maximum atomic E-state index is 11.5. The van der Waals surface area contributed by atoms with Gasteiger partial charge in [0.1, 0.15) is 5.82 Å². The van der Waals surface area contributed by atoms with Gasteiger partial charge in [0.25, 0.3) is 5.91 Å². The molecule has 0 aromatic carbocycles. The molecule has 5 heteroatoms. The zero-order valence-corrected chi connectivity index (χ0v) is 13.0. The fourth-order valence-corrected chi connectivity index (χ4v) is 3.06. The van der Waals surface area contributed by atoms with Gasteiger partial charge in [0, 0.05) is 25.3 Å². The standard InChI is InChI=1S/C16H26N4O/c1-3-10-18-12-6-8-13(9-7-12)20(2)16-14(15(17)21)5-4-11-19-16/h4-5,11-13,18H,3,6-10H2,1-2H3,(H2,17,21). The van der Waals surface area contributed by atoms with Gasteiger partial charge in [-0.3, -0.25) is 4.79 Å². The average Bonchev–Trinajstić information content (AvgIpc) is 2.52. The van der Waals surface area contributed by atoms with Crippen LogP contribution in [0.5, 0.6) is 0 Å². The molecule has 0 radical (unpaired) electrons. The van der Waals surface area contributed by atoms with Crippen LogP contribution in [0.3, 0.4) is 0 Å². The van der Waals surface area contributed by atoms with Crippen molar-refractivity contribution < 1.29 is 4.79 Å². The summed E-state index contributed by atoms with van der Waals surface area (Å²) < 4.78 is 0. The van der Waals surface area contributed by atoms with E-state index in [0.29, 0.717) is 23.5 Å². The van der Waals surface area contributed by atoms with E-state index in [1.807, 2.05) is 7.05 Å². The van der Waals surface area contributed by atoms with E-state index in [4.69, 9.17) is 5.73 Å². The summed E-state index contributed by atoms with van der Waals surface area (Å²) in [4.78, 5) is 18.0. The topological polar surface area (TPSA) is 71.2 Å². The van der Waals surface area contributed by atoms with Crippen LogP contribution in [0.4, 0.5) is 5.82 Å². The second kappa shape index (κ2) is 7.41. The number of carbonyl (C=O) groups is 1. The average molecular weight is 290 g/mol. The van der Waals surface area contributed by atoms with Crippen LogP contribution in [0.15, 0.2) is 18.3 Å². The van der Waals surface area contributed by atoms with E-state index < -0.39 is 5.91 Å². The smallest absolute Gasteiger partial charge is 0.252 e. The summed E-state index contributed by atoms with van der Waals surface area (Å²) >= 11 is 0. The van der Waals surface area contributed by atoms with Crippen molar-refractivity contribution in [1.82, 2.24) is 10.3 Å². The summed E-state index contributed by atoms with van der Waals surface area (Å²) in [7, 11) is 2.01. The molecule has 0 bridgehead atoms. The Morgan fingerprint density at radius 3 is 2.76 bits per heavy atom. The van der Waals surface area contributed by atoms with E-state index in [1.165, 1.54) is 19.3 Å². The lowest BCUT2D eigenvalue weighted by molar-refractivity contribution is 0.100. The highest BCUT2D eigenvalue weighted by Gasteiger charge is 2.26. The van der Waals surface area contributed by atoms with Gasteiger partial charge >= 0.3 is 0 Å². The number of amides is 1. The molecule has 5 nitrogen and oxygen atoms in total. The van der Waals surface area contributed by atoms with Crippen LogP contribution in [0.1, 0.15) is 49.4 Å². The molecule has 1 fully saturated rings. The van der Waals surface area contributed by atoms with Crippen molar-refractivity contribution in [1.29, 1.82) is 0 Å². The van der Waals surface area contributed by atoms with Crippen LogP contribution >= 0.6 is 0 Å². The van der Waals surface area contributed by atoms with Crippen molar-refractivity contribution in [2.75, 3.05) is 18.5 Å². The Balaban J connectivity index is 1.99. The molecule has 1 heterocycles. The first-order valence-electron chi connectivity index (χ1n) is 7.84. The number of nitrogens with zero attached hydrogens (tertiary/aromatic N) is 2. The number of pyridine rings is 1. The van der Waals surface area contributed by atoms with Crippen LogP contribution in [-0.4, -0.2) is 36.6 Å². The third-order valence-electron chi connectivity index (χ3n) is 4.31. The Kier molecular flexibility index (Phi) is 5.56. The highest BCUT2D eigenvalue weighted by Crippen LogP contribution is 2.27. The molecule has 21 heavy (non-hydrogen) atoms. The van der Waals surface area contributed by atoms with E-state index in [2.05, 4.69) is 22.1 Å². The second-order valence-corrected chi connectivity index (χ2v) is 5.81. The van der Waals surface area contributed by atoms with Crippen molar-refractivity contribution in [2.45, 2.75) is 51.1 Å². The lowest BCUT2D eigenvalue weighted by atomic mass is 9.90. The minimum Gasteiger partial charge on any atom is -0.365 e. The summed E-state index contributed by atoms with van der Waals surface area (Å²) in [6.07, 6.45) is 7.48. The Morgan fingerprint density at radius 2 is 2.14 bits per heavy atom. The first-order valence-corrected chi connectivity index (χ1v) is 7.84. The van der Waals surface area contributed by atoms with E-state index in [9.17, 15) is 4.79 Å². The third kappa shape index (κ3) is 3.94. The zero-order chi connectivity index (χ0) is 15.2. The van der Waals surface area contributed by atoms with Crippen molar-refractivity contribution in [3.63, 3.8) is 0 Å². The molecule has 3 N–H and O–H groups in total. The number of hydrogen-bond acceptors (Lipinski definition) is 4. The Morgan fingerprint density at radius 1 is 1.43 bits per heavy atom. The van der Waals surface area contributed by atoms with Gasteiger partial charge in [-0.25, -0.2) is 4.98 Å². The number of nitrogens with two attached hydrogens (primary N) is 1. The van der Waals surface area contributed by atoms with Gasteiger partial charge in [0.05, 0.1) is 5.56 Å². The molecule has 1 aliphatic rings. The number of carbonyl (C=O) groups excluding carboxylic acids is 1. The van der Waals surface area contributed by atoms with Gasteiger partial charge in [0.15, 0.2) is 0 Å². The van der Waals surface area contributed by atoms with Gasteiger partial charge in [-0.15, -0.1) is 0 Å². The Bertz CT molecular complexity index is 469. The molecule has 116 valence electrons. The summed E-state index contributed by atoms with van der Waals surface area (Å²) in [6, 6.07) is 4.56. The molecule has 0 atom stereocenters. The first kappa shape index (κ1) is 15.8. The number of aromatic nitrogens is 1. The van der Waals surface area contributed by atoms with Crippen LogP contribution < -0.4 is 16.0 Å². The van der Waals surface area contributed by atoms with Crippen molar-refractivity contribution >= 4 is 11.7 Å². The molecular formula is C16H26N4O. The summed E-state index contributed by atoms with van der Waals surface area (Å²) in [5, 5.41) is 3.59. The predicted octanol–water partition coefficient (Wildman–Crippen LogP) is 1.93. The quantitative estimate of drug-likeness (QED) is 0.840. The minimum atomic E-state index is -0.414. The second-order valence-electron chi connectivity index (χ2n) is 5.81. The summed E-state index contributed by atoms with van der Waals surface area (Å²) in [6.45, 7) is 3.29. The zero-order valence-electron chi connectivity index (χ0n) is 13.0. The van der Waals surface area contributed by atoms with Gasteiger partial charge < -0.3 is 16.0 Å². The van der Waals surface area contributed by atoms with Crippen LogP contribution in [0.25, 0.3) is 0 Å². The number of primary amides is 1. The van der Waals surface area contributed by atoms with Crippen LogP contribution in [0.2, 0.25) is 0 Å². The molecule has 1 aromatic heterocycles. The maximum Gasteiger partial charge on any atom is 0.252 e. The highest BCUT2D eigenvalue weighted by molar-refractivity contribution is 5.97. The van der Waals surface area contributed by atoms with E-state index in [-0.39, 0.29) is 0 Å². The SMILES string of the molecule is CCCNC1CCC(N(C)c2ncccc2C(N)=O)CC1. The van der Waals surface area contributed by atoms with E-state index in [0.717, 1.165) is 19.4 Å².